The number of hydrogen-bond acceptors (Lipinski definition) is 1. The molecule has 0 spiro atoms. The van der Waals surface area contributed by atoms with Crippen LogP contribution >= 0.6 is 0 Å². The second-order valence-electron chi connectivity index (χ2n) is 11.1. The monoisotopic (exact) mass is 503 g/mol. The largest absolute Gasteiger partial charge is 0.251 e. The lowest BCUT2D eigenvalue weighted by Gasteiger charge is -2.46. The van der Waals surface area contributed by atoms with Gasteiger partial charge in [-0.25, -0.2) is 0 Å². The van der Waals surface area contributed by atoms with E-state index >= 15 is 0 Å². The fourth-order valence-electron chi connectivity index (χ4n) is 4.30. The Balaban J connectivity index is 2.47. The lowest BCUT2D eigenvalue weighted by atomic mass is 9.74. The quantitative estimate of drug-likeness (QED) is 0.198. The molecule has 0 aliphatic carbocycles. The van der Waals surface area contributed by atoms with Gasteiger partial charge in [-0.2, -0.15) is 0 Å². The van der Waals surface area contributed by atoms with Gasteiger partial charge in [-0.3, -0.25) is 4.90 Å². The molecule has 3 rings (SSSR count). The van der Waals surface area contributed by atoms with Crippen molar-refractivity contribution in [3.63, 3.8) is 0 Å². The summed E-state index contributed by atoms with van der Waals surface area (Å²) in [4.78, 5) is 2.34. The fourth-order valence-corrected chi connectivity index (χ4v) is 5.44. The van der Waals surface area contributed by atoms with Crippen molar-refractivity contribution in [2.24, 2.45) is 0 Å². The summed E-state index contributed by atoms with van der Waals surface area (Å²) in [6.45, 7) is 14.0. The van der Waals surface area contributed by atoms with Crippen molar-refractivity contribution >= 4 is 16.1 Å². The minimum Gasteiger partial charge on any atom is -0.251 e. The van der Waals surface area contributed by atoms with Gasteiger partial charge in [0.05, 0.1) is 12.1 Å². The van der Waals surface area contributed by atoms with Crippen molar-refractivity contribution in [1.82, 2.24) is 4.90 Å². The van der Waals surface area contributed by atoms with Gasteiger partial charge in [-0.05, 0) is 16.7 Å². The average Bonchev–Trinajstić information content (AvgIpc) is 2.85. The van der Waals surface area contributed by atoms with Crippen LogP contribution in [-0.4, -0.2) is 33.6 Å². The lowest BCUT2D eigenvalue weighted by Crippen LogP contribution is -2.53. The van der Waals surface area contributed by atoms with Gasteiger partial charge in [-0.15, -0.1) is 17.5 Å². The molecule has 36 heavy (non-hydrogen) atoms. The molecule has 1 nitrogen and oxygen atoms in total. The van der Waals surface area contributed by atoms with Gasteiger partial charge in [0.1, 0.15) is 22.2 Å². The minimum atomic E-state index is -1.66. The van der Waals surface area contributed by atoms with Crippen molar-refractivity contribution in [3.05, 3.63) is 108 Å². The first-order valence-electron chi connectivity index (χ1n) is 12.5. The molecule has 0 fully saturated rings. The molecule has 3 aromatic rings. The maximum Gasteiger partial charge on any atom is 0.134 e. The molecule has 0 aliphatic heterocycles. The smallest absolute Gasteiger partial charge is 0.134 e. The maximum absolute atomic E-state index is 6.09. The summed E-state index contributed by atoms with van der Waals surface area (Å²) in [5.74, 6) is 10.2. The van der Waals surface area contributed by atoms with Crippen molar-refractivity contribution in [2.45, 2.75) is 50.9 Å². The summed E-state index contributed by atoms with van der Waals surface area (Å²) in [5.41, 5.74) is 10.0. The van der Waals surface area contributed by atoms with E-state index in [1.54, 1.807) is 0 Å². The summed E-state index contributed by atoms with van der Waals surface area (Å²) in [6.07, 6.45) is 6.09. The Morgan fingerprint density at radius 1 is 0.639 bits per heavy atom. The highest BCUT2D eigenvalue weighted by Crippen LogP contribution is 2.43. The van der Waals surface area contributed by atoms with E-state index in [1.165, 1.54) is 0 Å². The maximum atomic E-state index is 6.09. The molecule has 0 saturated carbocycles. The summed E-state index contributed by atoms with van der Waals surface area (Å²) < 4.78 is 0. The molecule has 0 heterocycles. The zero-order valence-corrected chi connectivity index (χ0v) is 24.5. The fraction of sp³-hybridized carbons (Fsp3) is 0.273. The topological polar surface area (TPSA) is 3.24 Å². The van der Waals surface area contributed by atoms with Crippen LogP contribution in [0.3, 0.4) is 0 Å². The Labute approximate surface area is 221 Å². The number of hydrogen-bond donors (Lipinski definition) is 0. The highest BCUT2D eigenvalue weighted by molar-refractivity contribution is 6.84. The first kappa shape index (κ1) is 27.3. The highest BCUT2D eigenvalue weighted by Gasteiger charge is 2.44. The van der Waals surface area contributed by atoms with Crippen molar-refractivity contribution in [1.29, 1.82) is 0 Å². The van der Waals surface area contributed by atoms with Gasteiger partial charge in [0.25, 0.3) is 0 Å². The van der Waals surface area contributed by atoms with E-state index < -0.39 is 21.7 Å². The average molecular weight is 504 g/mol. The van der Waals surface area contributed by atoms with E-state index in [-0.39, 0.29) is 6.04 Å². The zero-order chi connectivity index (χ0) is 26.2. The first-order valence-corrected chi connectivity index (χ1v) is 19.5. The summed E-state index contributed by atoms with van der Waals surface area (Å²) in [6, 6.07) is 31.6. The highest BCUT2D eigenvalue weighted by atomic mass is 28.3. The molecule has 0 bridgehead atoms. The predicted octanol–water partition coefficient (Wildman–Crippen LogP) is 7.04. The lowest BCUT2D eigenvalue weighted by molar-refractivity contribution is 0.174. The van der Waals surface area contributed by atoms with E-state index in [0.717, 1.165) is 16.7 Å². The SMILES string of the molecule is C#CCN(C(C#C[Si](C)(C)C)C#C[Si](C)(C)C)C(c1ccccc1)(c1ccccc1)c1ccccc1. The standard InChI is InChI=1S/C33H37NSi2/c1-8-26-34(32(24-27-35(2,3)4)25-28-36(5,6)7)33(29-18-12-9-13-19-29,30-20-14-10-15-21-30)31-22-16-11-17-23-31/h1,9-23,32H,26H2,2-7H3. The predicted molar refractivity (Wildman–Crippen MR) is 161 cm³/mol. The summed E-state index contributed by atoms with van der Waals surface area (Å²) >= 11 is 0. The Hall–Kier alpha value is -3.27. The third kappa shape index (κ3) is 6.69. The molecule has 182 valence electrons. The van der Waals surface area contributed by atoms with Gasteiger partial charge in [0.2, 0.25) is 0 Å². The van der Waals surface area contributed by atoms with E-state index in [0.29, 0.717) is 6.54 Å². The molecule has 0 unspecified atom stereocenters. The molecular weight excluding hydrogens is 467 g/mol. The molecular formula is C33H37NSi2. The molecule has 0 saturated heterocycles. The van der Waals surface area contributed by atoms with Crippen LogP contribution in [0.5, 0.6) is 0 Å². The Morgan fingerprint density at radius 3 is 1.25 bits per heavy atom. The molecule has 0 aromatic heterocycles. The number of rotatable bonds is 6. The van der Waals surface area contributed by atoms with Gasteiger partial charge < -0.3 is 0 Å². The third-order valence-corrected chi connectivity index (χ3v) is 7.54. The number of benzene rings is 3. The van der Waals surface area contributed by atoms with Crippen LogP contribution in [0.15, 0.2) is 91.0 Å². The van der Waals surface area contributed by atoms with Crippen LogP contribution in [0.4, 0.5) is 0 Å². The van der Waals surface area contributed by atoms with Gasteiger partial charge in [-0.1, -0.05) is 148 Å². The summed E-state index contributed by atoms with van der Waals surface area (Å²) in [5, 5.41) is 0. The van der Waals surface area contributed by atoms with Crippen LogP contribution < -0.4 is 0 Å². The molecule has 0 aliphatic rings. The normalized spacial score (nSPS) is 11.8. The minimum absolute atomic E-state index is 0.319. The molecule has 0 N–H and O–H groups in total. The Bertz CT molecular complexity index is 1160. The van der Waals surface area contributed by atoms with E-state index in [4.69, 9.17) is 6.42 Å². The molecule has 0 amide bonds. The molecule has 0 atom stereocenters. The van der Waals surface area contributed by atoms with Crippen LogP contribution in [0.25, 0.3) is 0 Å². The van der Waals surface area contributed by atoms with Crippen LogP contribution in [-0.2, 0) is 5.54 Å². The first-order chi connectivity index (χ1) is 17.1. The Kier molecular flexibility index (Phi) is 8.84. The van der Waals surface area contributed by atoms with Crippen LogP contribution in [0.1, 0.15) is 16.7 Å². The number of nitrogens with zero attached hydrogens (tertiary/aromatic N) is 1. The second kappa shape index (κ2) is 11.6. The summed E-state index contributed by atoms with van der Waals surface area (Å²) in [7, 11) is -3.31. The number of terminal acetylenes is 1. The third-order valence-electron chi connectivity index (χ3n) is 5.75. The van der Waals surface area contributed by atoms with Crippen molar-refractivity contribution in [3.8, 4) is 35.3 Å². The Morgan fingerprint density at radius 2 is 0.972 bits per heavy atom. The zero-order valence-electron chi connectivity index (χ0n) is 22.5. The van der Waals surface area contributed by atoms with E-state index in [1.807, 2.05) is 0 Å². The van der Waals surface area contributed by atoms with Crippen LogP contribution in [0.2, 0.25) is 39.3 Å². The van der Waals surface area contributed by atoms with Crippen LogP contribution in [0, 0.1) is 35.3 Å². The van der Waals surface area contributed by atoms with Gasteiger partial charge >= 0.3 is 0 Å². The van der Waals surface area contributed by atoms with E-state index in [9.17, 15) is 0 Å². The van der Waals surface area contributed by atoms with Crippen molar-refractivity contribution < 1.29 is 0 Å². The van der Waals surface area contributed by atoms with E-state index in [2.05, 4.69) is 164 Å². The molecule has 3 aromatic carbocycles. The van der Waals surface area contributed by atoms with Gasteiger partial charge in [0.15, 0.2) is 0 Å². The van der Waals surface area contributed by atoms with Crippen molar-refractivity contribution in [2.75, 3.05) is 6.54 Å². The second-order valence-corrected chi connectivity index (χ2v) is 20.6. The molecule has 3 heteroatoms. The molecule has 0 radical (unpaired) electrons. The van der Waals surface area contributed by atoms with Gasteiger partial charge in [0, 0.05) is 0 Å².